The van der Waals surface area contributed by atoms with Gasteiger partial charge in [-0.2, -0.15) is 0 Å². The van der Waals surface area contributed by atoms with Crippen molar-refractivity contribution in [2.75, 3.05) is 13.2 Å². The number of benzene rings is 2. The maximum absolute atomic E-state index is 13.5. The van der Waals surface area contributed by atoms with E-state index in [1.165, 1.54) is 56.8 Å². The van der Waals surface area contributed by atoms with Crippen LogP contribution < -0.4 is 0 Å². The first-order valence-corrected chi connectivity index (χ1v) is 46.1. The van der Waals surface area contributed by atoms with Crippen molar-refractivity contribution >= 4 is 47.4 Å². The number of Topliss-reactive ketones (excluding diaryl/α,β-unsaturated/α-hetero) is 2. The summed E-state index contributed by atoms with van der Waals surface area (Å²) in [5.41, 5.74) is 8.93. The van der Waals surface area contributed by atoms with Gasteiger partial charge in [0, 0.05) is 69.8 Å². The van der Waals surface area contributed by atoms with Gasteiger partial charge in [-0.05, 0) is 229 Å². The van der Waals surface area contributed by atoms with E-state index in [1.54, 1.807) is 81.2 Å². The molecule has 6 aliphatic carbocycles. The number of hydrogen-bond donors (Lipinski definition) is 0. The molecule has 6 heterocycles. The SMILES string of the molecule is C=C(C(=O)CCc1cn(C2OC(COC(=O)c3ccccc3)[C@@H](C)[C@H](C)[C@@H]2OC(=O)c2ccccc2)nn1)[C@@H]1CC[C@@H](C)[C@@H]2CCC(C)=C[C@@H]21.C=C(C(=O)CCc1cn(C2OC(COC(C)=O)[C@H](C)[C@H](C)[C@@H]2OC(C)=O)nn1)[C@@H]1CC[C@@H](C)[C@@H]2CCC(C)=C[C@@H]21.C=C(C(=O)OCc1cn(C2OC(C)[C@H](C)[C@H](C)[C@@H]2OC(C)=O)nn1)[C@@H]1CC[C@@H](C)[C@@H]2CCC(C)=C[C@@H]21. The molecule has 0 bridgehead atoms. The van der Waals surface area contributed by atoms with Crippen LogP contribution in [-0.2, 0) is 90.8 Å². The van der Waals surface area contributed by atoms with Crippen LogP contribution in [0.25, 0.3) is 0 Å². The number of rotatable bonds is 26. The topological polar surface area (TPSA) is 312 Å². The second-order valence-electron chi connectivity index (χ2n) is 38.1. The van der Waals surface area contributed by atoms with Gasteiger partial charge in [0.15, 0.2) is 48.6 Å². The molecule has 3 aromatic heterocycles. The zero-order valence-electron chi connectivity index (χ0n) is 76.8. The Hall–Kier alpha value is -9.66. The predicted octanol–water partition coefficient (Wildman–Crippen LogP) is 17.6. The fourth-order valence-electron chi connectivity index (χ4n) is 21.2. The molecule has 6 unspecified atom stereocenters. The fraction of sp³-hybridized carbons (Fsp3) is 0.620. The molecule has 2 aromatic carbocycles. The fourth-order valence-corrected chi connectivity index (χ4v) is 21.2. The van der Waals surface area contributed by atoms with Gasteiger partial charge in [0.05, 0.1) is 59.4 Å². The average molecular weight is 1740 g/mol. The van der Waals surface area contributed by atoms with E-state index in [2.05, 4.69) is 124 Å². The highest BCUT2D eigenvalue weighted by Gasteiger charge is 2.50. The van der Waals surface area contributed by atoms with Crippen LogP contribution in [0, 0.1) is 107 Å². The van der Waals surface area contributed by atoms with E-state index >= 15 is 0 Å². The number of hydrogen-bond acceptors (Lipinski definition) is 23. The number of allylic oxidation sites excluding steroid dienone is 8. The van der Waals surface area contributed by atoms with Crippen LogP contribution in [-0.4, -0.2) is 142 Å². The standard InChI is InChI=1S/C41H49N3O6.C31H45N3O6.C28H41N3O5/c1-25-16-19-33-26(2)17-20-34(35(33)22-25)29(5)36(45)21-18-32-23-44(43-42-32)39-38(50-41(47)31-14-10-7-11-15-31)28(4)27(3)37(49-39)24-48-40(46)30-12-8-6-9-13-30;1-17-8-11-25-18(2)9-12-26(27(25)14-17)21(5)28(37)13-10-24-15-34(33-32-24)31-30(39-23(7)36)20(4)19(3)29(40-31)16-38-22(6)35;1-15-8-10-23-16(2)9-11-24(25(23)12-15)19(5)28(33)34-14-22-13-31(30-29-22)27-26(36-21(7)32)18(4)17(3)20(6)35-27/h6-15,22-23,26-28,33-35,37-39H,5,16-21,24H2,1-4H3;14-15,18-20,25-27,29-31H,5,8-13,16H2,1-4,6-7H3;12-13,16-18,20,23-27H,5,8-11,14H2,1-4,6-7H3/t26-,27+,28+,33+,34+,35+,37?,38+,39?;18-,19-,20+,25+,26+,27+,29?,30+,31?;16-,17-,18+,20?,23+,24+,25+,26+,27?/m111/s1. The van der Waals surface area contributed by atoms with Crippen molar-refractivity contribution in [2.45, 2.75) is 275 Å². The monoisotopic (exact) mass is 1730 g/mol. The van der Waals surface area contributed by atoms with Gasteiger partial charge in [0.2, 0.25) is 0 Å². The highest BCUT2D eigenvalue weighted by Crippen LogP contribution is 2.52. The summed E-state index contributed by atoms with van der Waals surface area (Å²) >= 11 is 0. The molecular weight excluding hydrogens is 1600 g/mol. The quantitative estimate of drug-likeness (QED) is 0.0215. The van der Waals surface area contributed by atoms with Crippen molar-refractivity contribution in [3.63, 3.8) is 0 Å². The highest BCUT2D eigenvalue weighted by molar-refractivity contribution is 5.96. The smallest absolute Gasteiger partial charge is 0.338 e. The van der Waals surface area contributed by atoms with E-state index < -0.39 is 67.1 Å². The van der Waals surface area contributed by atoms with Crippen molar-refractivity contribution in [3.05, 3.63) is 179 Å². The lowest BCUT2D eigenvalue weighted by Gasteiger charge is -2.44. The lowest BCUT2D eigenvalue weighted by molar-refractivity contribution is -0.227. The van der Waals surface area contributed by atoms with E-state index in [1.807, 2.05) is 46.8 Å². The van der Waals surface area contributed by atoms with E-state index in [0.717, 1.165) is 68.9 Å². The number of carbonyl (C=O) groups is 8. The number of nitrogens with zero attached hydrogens (tertiary/aromatic N) is 9. The first-order valence-electron chi connectivity index (χ1n) is 46.1. The number of ether oxygens (including phenoxy) is 9. The molecule has 3 saturated heterocycles. The van der Waals surface area contributed by atoms with E-state index in [-0.39, 0.29) is 115 Å². The molecule has 0 spiro atoms. The number of aryl methyl sites for hydroxylation is 2. The minimum absolute atomic E-state index is 0.00357. The van der Waals surface area contributed by atoms with Gasteiger partial charge >= 0.3 is 35.8 Å². The van der Waals surface area contributed by atoms with Crippen LogP contribution in [0.5, 0.6) is 0 Å². The molecule has 14 rings (SSSR count). The Balaban J connectivity index is 0.000000175. The molecule has 0 amide bonds. The Morgan fingerprint density at radius 1 is 0.405 bits per heavy atom. The Morgan fingerprint density at radius 2 is 0.770 bits per heavy atom. The molecule has 682 valence electrons. The molecule has 26 nitrogen and oxygen atoms in total. The number of esters is 6. The molecule has 3 saturated carbocycles. The lowest BCUT2D eigenvalue weighted by atomic mass is 9.61. The summed E-state index contributed by atoms with van der Waals surface area (Å²) in [6, 6.07) is 17.6. The highest BCUT2D eigenvalue weighted by atomic mass is 16.6. The third kappa shape index (κ3) is 23.1. The first-order chi connectivity index (χ1) is 60.1. The van der Waals surface area contributed by atoms with Crippen LogP contribution in [0.3, 0.4) is 0 Å². The summed E-state index contributed by atoms with van der Waals surface area (Å²) in [4.78, 5) is 101. The molecule has 3 aliphatic heterocycles. The molecule has 5 aromatic rings. The maximum atomic E-state index is 13.5. The van der Waals surface area contributed by atoms with E-state index in [9.17, 15) is 38.4 Å². The third-order valence-corrected chi connectivity index (χ3v) is 29.7. The van der Waals surface area contributed by atoms with Gasteiger partial charge in [-0.1, -0.05) is 169 Å². The normalized spacial score (nSPS) is 32.8. The zero-order chi connectivity index (χ0) is 90.6. The zero-order valence-corrected chi connectivity index (χ0v) is 76.8. The Bertz CT molecular complexity index is 4770. The maximum Gasteiger partial charge on any atom is 0.338 e. The molecule has 0 radical (unpaired) electrons. The van der Waals surface area contributed by atoms with Gasteiger partial charge < -0.3 is 42.6 Å². The largest absolute Gasteiger partial charge is 0.463 e. The van der Waals surface area contributed by atoms with Crippen LogP contribution in [0.4, 0.5) is 0 Å². The third-order valence-electron chi connectivity index (χ3n) is 29.7. The molecular formula is C100H135N9O17. The molecule has 26 heteroatoms. The van der Waals surface area contributed by atoms with Crippen molar-refractivity contribution in [2.24, 2.45) is 107 Å². The van der Waals surface area contributed by atoms with Gasteiger partial charge in [-0.25, -0.2) is 28.4 Å². The van der Waals surface area contributed by atoms with Crippen LogP contribution >= 0.6 is 0 Å². The number of fused-ring (bicyclic) bond motifs is 3. The number of carbonyl (C=O) groups excluding carboxylic acids is 8. The molecule has 9 aliphatic rings. The summed E-state index contributed by atoms with van der Waals surface area (Å²) < 4.78 is 57.5. The van der Waals surface area contributed by atoms with E-state index in [4.69, 9.17) is 42.6 Å². The first kappa shape index (κ1) is 95.4. The summed E-state index contributed by atoms with van der Waals surface area (Å²) in [7, 11) is 0. The Morgan fingerprint density at radius 3 is 1.18 bits per heavy atom. The predicted molar refractivity (Wildman–Crippen MR) is 472 cm³/mol. The van der Waals surface area contributed by atoms with Crippen LogP contribution in [0.15, 0.2) is 151 Å². The molecule has 27 atom stereocenters. The summed E-state index contributed by atoms with van der Waals surface area (Å²) in [6.45, 7) is 44.7. The van der Waals surface area contributed by atoms with Gasteiger partial charge in [-0.15, -0.1) is 15.3 Å². The van der Waals surface area contributed by atoms with Crippen LogP contribution in [0.1, 0.15) is 257 Å². The van der Waals surface area contributed by atoms with Crippen molar-refractivity contribution in [1.82, 2.24) is 45.0 Å². The molecule has 6 fully saturated rings. The Kier molecular flexibility index (Phi) is 32.5. The second kappa shape index (κ2) is 43.0. The van der Waals surface area contributed by atoms with Crippen molar-refractivity contribution < 1.29 is 81.0 Å². The van der Waals surface area contributed by atoms with Crippen LogP contribution in [0.2, 0.25) is 0 Å². The number of aromatic nitrogens is 9. The van der Waals surface area contributed by atoms with Gasteiger partial charge in [-0.3, -0.25) is 24.0 Å². The van der Waals surface area contributed by atoms with Gasteiger partial charge in [0.25, 0.3) is 0 Å². The molecule has 126 heavy (non-hydrogen) atoms. The second-order valence-corrected chi connectivity index (χ2v) is 38.1. The summed E-state index contributed by atoms with van der Waals surface area (Å²) in [5, 5.41) is 25.7. The lowest BCUT2D eigenvalue weighted by Crippen LogP contribution is -2.50. The number of ketones is 2. The summed E-state index contributed by atoms with van der Waals surface area (Å²) in [6.07, 6.45) is 22.3. The van der Waals surface area contributed by atoms with Crippen molar-refractivity contribution in [3.8, 4) is 0 Å². The summed E-state index contributed by atoms with van der Waals surface area (Å²) in [5.74, 6) is 3.09. The van der Waals surface area contributed by atoms with E-state index in [0.29, 0.717) is 106 Å². The minimum atomic E-state index is -0.830. The van der Waals surface area contributed by atoms with Gasteiger partial charge in [0.1, 0.15) is 25.5 Å². The average Bonchev–Trinajstić information content (AvgIpc) is 1.33. The molecule has 0 N–H and O–H groups in total. The minimum Gasteiger partial charge on any atom is -0.463 e. The van der Waals surface area contributed by atoms with Crippen molar-refractivity contribution in [1.29, 1.82) is 0 Å². The Labute approximate surface area is 743 Å².